The molecule has 0 aliphatic carbocycles. The fourth-order valence-electron chi connectivity index (χ4n) is 1.60. The minimum Gasteiger partial charge on any atom is -0.388 e. The smallest absolute Gasteiger partial charge is 0.388 e. The highest BCUT2D eigenvalue weighted by Crippen LogP contribution is 2.32. The third-order valence-electron chi connectivity index (χ3n) is 2.62. The number of nitrogens with zero attached hydrogens (tertiary/aromatic N) is 1. The molecule has 2 aromatic rings. The van der Waals surface area contributed by atoms with E-state index >= 15 is 0 Å². The van der Waals surface area contributed by atoms with Crippen molar-refractivity contribution < 1.29 is 13.2 Å². The lowest BCUT2D eigenvalue weighted by atomic mass is 10.1. The highest BCUT2D eigenvalue weighted by Gasteiger charge is 2.30. The first-order valence-electron chi connectivity index (χ1n) is 5.43. The van der Waals surface area contributed by atoms with Gasteiger partial charge in [0.25, 0.3) is 0 Å². The lowest BCUT2D eigenvalue weighted by molar-refractivity contribution is -0.137. The van der Waals surface area contributed by atoms with E-state index in [2.05, 4.69) is 10.3 Å². The molecule has 100 valence electrons. The van der Waals surface area contributed by atoms with Gasteiger partial charge in [0.2, 0.25) is 0 Å². The molecule has 1 aromatic heterocycles. The predicted octanol–water partition coefficient (Wildman–Crippen LogP) is 4.46. The molecule has 19 heavy (non-hydrogen) atoms. The van der Waals surface area contributed by atoms with Crippen LogP contribution in [0.2, 0.25) is 5.02 Å². The standard InChI is InChI=1S/C13H10ClF3N2/c1-18-9-3-4-11(14)10(6-9)12-5-2-8(7-19-12)13(15,16)17/h2-7,18H,1H3. The SMILES string of the molecule is CNc1ccc(Cl)c(-c2ccc(C(F)(F)F)cn2)c1. The summed E-state index contributed by atoms with van der Waals surface area (Å²) in [6.45, 7) is 0. The van der Waals surface area contributed by atoms with Crippen molar-refractivity contribution in [2.24, 2.45) is 0 Å². The molecular weight excluding hydrogens is 277 g/mol. The van der Waals surface area contributed by atoms with Gasteiger partial charge in [-0.3, -0.25) is 4.98 Å². The van der Waals surface area contributed by atoms with Crippen LogP contribution in [0.15, 0.2) is 36.5 Å². The number of aromatic nitrogens is 1. The topological polar surface area (TPSA) is 24.9 Å². The van der Waals surface area contributed by atoms with Gasteiger partial charge in [0.15, 0.2) is 0 Å². The first-order chi connectivity index (χ1) is 8.91. The minimum atomic E-state index is -4.39. The Balaban J connectivity index is 2.42. The third kappa shape index (κ3) is 2.98. The molecule has 0 atom stereocenters. The second kappa shape index (κ2) is 5.09. The first-order valence-corrected chi connectivity index (χ1v) is 5.80. The van der Waals surface area contributed by atoms with Crippen LogP contribution in [-0.2, 0) is 6.18 Å². The van der Waals surface area contributed by atoms with E-state index in [4.69, 9.17) is 11.6 Å². The van der Waals surface area contributed by atoms with E-state index in [1.54, 1.807) is 25.2 Å². The zero-order valence-corrected chi connectivity index (χ0v) is 10.7. The Kier molecular flexibility index (Phi) is 3.66. The number of halogens is 4. The van der Waals surface area contributed by atoms with Crippen LogP contribution in [0.25, 0.3) is 11.3 Å². The minimum absolute atomic E-state index is 0.398. The van der Waals surface area contributed by atoms with Crippen molar-refractivity contribution in [1.82, 2.24) is 4.98 Å². The Hall–Kier alpha value is -1.75. The molecule has 0 saturated carbocycles. The molecule has 1 aromatic carbocycles. The van der Waals surface area contributed by atoms with Gasteiger partial charge in [-0.05, 0) is 30.3 Å². The molecule has 0 bridgehead atoms. The zero-order chi connectivity index (χ0) is 14.0. The molecule has 6 heteroatoms. The van der Waals surface area contributed by atoms with Gasteiger partial charge >= 0.3 is 6.18 Å². The van der Waals surface area contributed by atoms with Gasteiger partial charge in [0.1, 0.15) is 0 Å². The van der Waals surface area contributed by atoms with Crippen LogP contribution in [0.1, 0.15) is 5.56 Å². The normalized spacial score (nSPS) is 11.4. The van der Waals surface area contributed by atoms with Gasteiger partial charge in [-0.2, -0.15) is 13.2 Å². The number of nitrogens with one attached hydrogen (secondary N) is 1. The Morgan fingerprint density at radius 3 is 2.42 bits per heavy atom. The Labute approximate surface area is 113 Å². The lowest BCUT2D eigenvalue weighted by Gasteiger charge is -2.09. The average Bonchev–Trinajstić information content (AvgIpc) is 2.38. The van der Waals surface area contributed by atoms with E-state index in [0.717, 1.165) is 18.0 Å². The molecule has 0 spiro atoms. The molecule has 1 N–H and O–H groups in total. The van der Waals surface area contributed by atoms with Gasteiger partial charge in [-0.15, -0.1) is 0 Å². The largest absolute Gasteiger partial charge is 0.417 e. The van der Waals surface area contributed by atoms with Gasteiger partial charge in [-0.1, -0.05) is 11.6 Å². The van der Waals surface area contributed by atoms with Crippen LogP contribution in [0.3, 0.4) is 0 Å². The molecule has 2 nitrogen and oxygen atoms in total. The maximum Gasteiger partial charge on any atom is 0.417 e. The number of benzene rings is 1. The van der Waals surface area contributed by atoms with Crippen LogP contribution >= 0.6 is 11.6 Å². The first kappa shape index (κ1) is 13.7. The molecule has 0 fully saturated rings. The molecule has 0 amide bonds. The van der Waals surface area contributed by atoms with E-state index in [9.17, 15) is 13.2 Å². The zero-order valence-electron chi connectivity index (χ0n) is 9.92. The van der Waals surface area contributed by atoms with E-state index in [1.165, 1.54) is 6.07 Å². The number of hydrogen-bond donors (Lipinski definition) is 1. The highest BCUT2D eigenvalue weighted by atomic mass is 35.5. The van der Waals surface area contributed by atoms with Crippen LogP contribution in [-0.4, -0.2) is 12.0 Å². The van der Waals surface area contributed by atoms with Gasteiger partial charge in [-0.25, -0.2) is 0 Å². The Bertz CT molecular complexity index is 579. The van der Waals surface area contributed by atoms with Crippen LogP contribution < -0.4 is 5.32 Å². The summed E-state index contributed by atoms with van der Waals surface area (Å²) in [4.78, 5) is 3.82. The molecular formula is C13H10ClF3N2. The average molecular weight is 287 g/mol. The molecule has 2 rings (SSSR count). The number of pyridine rings is 1. The van der Waals surface area contributed by atoms with Crippen molar-refractivity contribution in [2.45, 2.75) is 6.18 Å². The molecule has 0 saturated heterocycles. The highest BCUT2D eigenvalue weighted by molar-refractivity contribution is 6.33. The maximum atomic E-state index is 12.4. The van der Waals surface area contributed by atoms with Gasteiger partial charge in [0.05, 0.1) is 16.3 Å². The summed E-state index contributed by atoms with van der Waals surface area (Å²) in [6, 6.07) is 7.48. The summed E-state index contributed by atoms with van der Waals surface area (Å²) in [6.07, 6.45) is -3.58. The van der Waals surface area contributed by atoms with Crippen LogP contribution in [0, 0.1) is 0 Å². The molecule has 0 aliphatic heterocycles. The summed E-state index contributed by atoms with van der Waals surface area (Å²) >= 11 is 6.03. The summed E-state index contributed by atoms with van der Waals surface area (Å²) in [5.74, 6) is 0. The van der Waals surface area contributed by atoms with E-state index in [-0.39, 0.29) is 0 Å². The second-order valence-electron chi connectivity index (χ2n) is 3.87. The number of alkyl halides is 3. The van der Waals surface area contributed by atoms with Crippen LogP contribution in [0.5, 0.6) is 0 Å². The Morgan fingerprint density at radius 2 is 1.89 bits per heavy atom. The predicted molar refractivity (Wildman–Crippen MR) is 69.2 cm³/mol. The van der Waals surface area contributed by atoms with E-state index in [0.29, 0.717) is 16.3 Å². The number of hydrogen-bond acceptors (Lipinski definition) is 2. The summed E-state index contributed by atoms with van der Waals surface area (Å²) in [5.41, 5.74) is 1.01. The fourth-order valence-corrected chi connectivity index (χ4v) is 1.81. The number of anilines is 1. The van der Waals surface area contributed by atoms with E-state index in [1.807, 2.05) is 0 Å². The van der Waals surface area contributed by atoms with Crippen molar-refractivity contribution in [3.8, 4) is 11.3 Å². The Morgan fingerprint density at radius 1 is 1.16 bits per heavy atom. The lowest BCUT2D eigenvalue weighted by Crippen LogP contribution is -2.05. The van der Waals surface area contributed by atoms with Crippen LogP contribution in [0.4, 0.5) is 18.9 Å². The summed E-state index contributed by atoms with van der Waals surface area (Å²) < 4.78 is 37.3. The van der Waals surface area contributed by atoms with Crippen molar-refractivity contribution in [3.05, 3.63) is 47.1 Å². The maximum absolute atomic E-state index is 12.4. The molecule has 0 unspecified atom stereocenters. The van der Waals surface area contributed by atoms with Crippen molar-refractivity contribution in [1.29, 1.82) is 0 Å². The quantitative estimate of drug-likeness (QED) is 0.881. The van der Waals surface area contributed by atoms with Crippen molar-refractivity contribution in [2.75, 3.05) is 12.4 Å². The second-order valence-corrected chi connectivity index (χ2v) is 4.28. The van der Waals surface area contributed by atoms with E-state index < -0.39 is 11.7 Å². The summed E-state index contributed by atoms with van der Waals surface area (Å²) in [7, 11) is 1.74. The van der Waals surface area contributed by atoms with Gasteiger partial charge in [0, 0.05) is 24.5 Å². The third-order valence-corrected chi connectivity index (χ3v) is 2.95. The molecule has 1 heterocycles. The fraction of sp³-hybridized carbons (Fsp3) is 0.154. The van der Waals surface area contributed by atoms with Crippen molar-refractivity contribution >= 4 is 17.3 Å². The monoisotopic (exact) mass is 286 g/mol. The number of rotatable bonds is 2. The van der Waals surface area contributed by atoms with Gasteiger partial charge < -0.3 is 5.32 Å². The molecule has 0 radical (unpaired) electrons. The molecule has 0 aliphatic rings. The summed E-state index contributed by atoms with van der Waals surface area (Å²) in [5, 5.41) is 3.37. The van der Waals surface area contributed by atoms with Crippen molar-refractivity contribution in [3.63, 3.8) is 0 Å².